The smallest absolute Gasteiger partial charge is 0.316 e. The lowest BCUT2D eigenvalue weighted by molar-refractivity contribution is 0.0696. The Morgan fingerprint density at radius 3 is 2.50 bits per heavy atom. The van der Waals surface area contributed by atoms with Gasteiger partial charge in [-0.1, -0.05) is 22.8 Å². The Kier molecular flexibility index (Phi) is 4.53. The molecule has 4 rings (SSSR count). The highest BCUT2D eigenvalue weighted by molar-refractivity contribution is 6.30. The second kappa shape index (κ2) is 7.13. The van der Waals surface area contributed by atoms with Gasteiger partial charge in [0.15, 0.2) is 0 Å². The lowest BCUT2D eigenvalue weighted by Crippen LogP contribution is -2.48. The summed E-state index contributed by atoms with van der Waals surface area (Å²) in [5, 5.41) is 4.56. The third-order valence-corrected chi connectivity index (χ3v) is 4.51. The molecule has 0 saturated carbocycles. The minimum atomic E-state index is -0.254. The van der Waals surface area contributed by atoms with Crippen LogP contribution in [-0.4, -0.2) is 52.1 Å². The number of hydrogen-bond acceptors (Lipinski definition) is 6. The van der Waals surface area contributed by atoms with E-state index in [0.717, 1.165) is 18.8 Å². The first-order valence-electron chi connectivity index (χ1n) is 8.25. The van der Waals surface area contributed by atoms with Gasteiger partial charge in [0, 0.05) is 43.1 Å². The molecule has 3 heterocycles. The molecule has 0 bridgehead atoms. The van der Waals surface area contributed by atoms with Gasteiger partial charge < -0.3 is 14.3 Å². The second-order valence-corrected chi connectivity index (χ2v) is 6.33. The summed E-state index contributed by atoms with van der Waals surface area (Å²) in [4.78, 5) is 24.9. The molecular formula is C18H16ClN5O2. The number of carbonyl (C=O) groups is 1. The first-order chi connectivity index (χ1) is 12.7. The Morgan fingerprint density at radius 1 is 1.04 bits per heavy atom. The highest BCUT2D eigenvalue weighted by Gasteiger charge is 2.26. The Balaban J connectivity index is 1.41. The molecule has 0 aliphatic carbocycles. The molecule has 0 radical (unpaired) electrons. The van der Waals surface area contributed by atoms with Crippen LogP contribution in [-0.2, 0) is 0 Å². The van der Waals surface area contributed by atoms with Crippen molar-refractivity contribution in [1.82, 2.24) is 20.0 Å². The molecule has 0 atom stereocenters. The molecule has 132 valence electrons. The number of hydrogen-bond donors (Lipinski definition) is 0. The van der Waals surface area contributed by atoms with E-state index < -0.39 is 0 Å². The fourth-order valence-electron chi connectivity index (χ4n) is 2.86. The van der Waals surface area contributed by atoms with Crippen molar-refractivity contribution in [3.63, 3.8) is 0 Å². The van der Waals surface area contributed by atoms with E-state index >= 15 is 0 Å². The van der Waals surface area contributed by atoms with E-state index in [1.807, 2.05) is 30.3 Å². The number of halogens is 1. The number of pyridine rings is 1. The van der Waals surface area contributed by atoms with Gasteiger partial charge in [-0.2, -0.15) is 4.98 Å². The van der Waals surface area contributed by atoms with Crippen molar-refractivity contribution < 1.29 is 9.32 Å². The largest absolute Gasteiger partial charge is 0.368 e. The van der Waals surface area contributed by atoms with Gasteiger partial charge in [0.1, 0.15) is 5.69 Å². The standard InChI is InChI=1S/C18H16ClN5O2/c19-13-4-6-14(7-5-13)23-9-11-24(12-10-23)18(25)17-21-16(22-26-17)15-3-1-2-8-20-15/h1-8H,9-12H2. The van der Waals surface area contributed by atoms with Gasteiger partial charge in [0.2, 0.25) is 5.82 Å². The molecule has 0 unspecified atom stereocenters. The summed E-state index contributed by atoms with van der Waals surface area (Å²) >= 11 is 5.93. The van der Waals surface area contributed by atoms with E-state index in [2.05, 4.69) is 20.0 Å². The summed E-state index contributed by atoms with van der Waals surface area (Å²) < 4.78 is 5.14. The summed E-state index contributed by atoms with van der Waals surface area (Å²) in [7, 11) is 0. The van der Waals surface area contributed by atoms with Gasteiger partial charge in [0.05, 0.1) is 0 Å². The molecule has 7 nitrogen and oxygen atoms in total. The van der Waals surface area contributed by atoms with Gasteiger partial charge in [-0.25, -0.2) is 0 Å². The molecule has 1 aliphatic rings. The van der Waals surface area contributed by atoms with E-state index in [-0.39, 0.29) is 11.8 Å². The van der Waals surface area contributed by atoms with Crippen molar-refractivity contribution in [2.24, 2.45) is 0 Å². The van der Waals surface area contributed by atoms with Gasteiger partial charge in [-0.3, -0.25) is 9.78 Å². The lowest BCUT2D eigenvalue weighted by atomic mass is 10.2. The Hall–Kier alpha value is -2.93. The van der Waals surface area contributed by atoms with Gasteiger partial charge in [-0.05, 0) is 36.4 Å². The van der Waals surface area contributed by atoms with E-state index in [1.54, 1.807) is 23.2 Å². The highest BCUT2D eigenvalue weighted by Crippen LogP contribution is 2.20. The zero-order chi connectivity index (χ0) is 17.9. The van der Waals surface area contributed by atoms with Crippen LogP contribution in [0.15, 0.2) is 53.2 Å². The van der Waals surface area contributed by atoms with Crippen LogP contribution in [0.3, 0.4) is 0 Å². The number of amides is 1. The van der Waals surface area contributed by atoms with Crippen molar-refractivity contribution >= 4 is 23.2 Å². The molecular weight excluding hydrogens is 354 g/mol. The maximum absolute atomic E-state index is 12.6. The fourth-order valence-corrected chi connectivity index (χ4v) is 2.99. The molecule has 1 amide bonds. The lowest BCUT2D eigenvalue weighted by Gasteiger charge is -2.35. The SMILES string of the molecule is O=C(c1nc(-c2ccccn2)no1)N1CCN(c2ccc(Cl)cc2)CC1. The van der Waals surface area contributed by atoms with Crippen LogP contribution in [0.2, 0.25) is 5.02 Å². The molecule has 2 aromatic heterocycles. The summed E-state index contributed by atoms with van der Waals surface area (Å²) in [6.07, 6.45) is 1.64. The van der Waals surface area contributed by atoms with Crippen LogP contribution in [0, 0.1) is 0 Å². The van der Waals surface area contributed by atoms with Crippen LogP contribution < -0.4 is 4.90 Å². The van der Waals surface area contributed by atoms with Crippen molar-refractivity contribution in [3.8, 4) is 11.5 Å². The summed E-state index contributed by atoms with van der Waals surface area (Å²) in [6, 6.07) is 13.1. The minimum Gasteiger partial charge on any atom is -0.368 e. The van der Waals surface area contributed by atoms with Crippen molar-refractivity contribution in [1.29, 1.82) is 0 Å². The van der Waals surface area contributed by atoms with E-state index in [4.69, 9.17) is 16.1 Å². The monoisotopic (exact) mass is 369 g/mol. The first-order valence-corrected chi connectivity index (χ1v) is 8.63. The molecule has 1 aliphatic heterocycles. The molecule has 1 aromatic carbocycles. The molecule has 26 heavy (non-hydrogen) atoms. The molecule has 3 aromatic rings. The van der Waals surface area contributed by atoms with Crippen LogP contribution in [0.5, 0.6) is 0 Å². The van der Waals surface area contributed by atoms with E-state index in [9.17, 15) is 4.79 Å². The second-order valence-electron chi connectivity index (χ2n) is 5.89. The van der Waals surface area contributed by atoms with E-state index in [1.165, 1.54) is 0 Å². The predicted octanol–water partition coefficient (Wildman–Crippen LogP) is 2.75. The van der Waals surface area contributed by atoms with Crippen LogP contribution in [0.4, 0.5) is 5.69 Å². The van der Waals surface area contributed by atoms with Crippen LogP contribution >= 0.6 is 11.6 Å². The number of carbonyl (C=O) groups excluding carboxylic acids is 1. The molecule has 1 fully saturated rings. The van der Waals surface area contributed by atoms with Gasteiger partial charge >= 0.3 is 11.8 Å². The van der Waals surface area contributed by atoms with Gasteiger partial charge in [0.25, 0.3) is 0 Å². The number of nitrogens with zero attached hydrogens (tertiary/aromatic N) is 5. The van der Waals surface area contributed by atoms with E-state index in [0.29, 0.717) is 29.6 Å². The maximum Gasteiger partial charge on any atom is 0.316 e. The zero-order valence-electron chi connectivity index (χ0n) is 13.9. The third-order valence-electron chi connectivity index (χ3n) is 4.26. The van der Waals surface area contributed by atoms with Crippen LogP contribution in [0.1, 0.15) is 10.7 Å². The Labute approximate surface area is 155 Å². The summed E-state index contributed by atoms with van der Waals surface area (Å²) in [5.74, 6) is 0.0507. The number of rotatable bonds is 3. The number of aromatic nitrogens is 3. The van der Waals surface area contributed by atoms with Gasteiger partial charge in [-0.15, -0.1) is 0 Å². The Bertz CT molecular complexity index is 889. The highest BCUT2D eigenvalue weighted by atomic mass is 35.5. The Morgan fingerprint density at radius 2 is 1.81 bits per heavy atom. The fraction of sp³-hybridized carbons (Fsp3) is 0.222. The third kappa shape index (κ3) is 3.39. The molecule has 0 N–H and O–H groups in total. The first kappa shape index (κ1) is 16.5. The topological polar surface area (TPSA) is 75.4 Å². The molecule has 1 saturated heterocycles. The molecule has 8 heteroatoms. The zero-order valence-corrected chi connectivity index (χ0v) is 14.6. The maximum atomic E-state index is 12.6. The van der Waals surface area contributed by atoms with Crippen molar-refractivity contribution in [3.05, 3.63) is 59.6 Å². The van der Waals surface area contributed by atoms with Crippen LogP contribution in [0.25, 0.3) is 11.5 Å². The average Bonchev–Trinajstić information content (AvgIpc) is 3.19. The number of piperazine rings is 1. The number of benzene rings is 1. The van der Waals surface area contributed by atoms with Crippen molar-refractivity contribution in [2.45, 2.75) is 0 Å². The quantitative estimate of drug-likeness (QED) is 0.706. The molecule has 0 spiro atoms. The minimum absolute atomic E-state index is 0.00871. The van der Waals surface area contributed by atoms with Crippen molar-refractivity contribution in [2.75, 3.05) is 31.1 Å². The summed E-state index contributed by atoms with van der Waals surface area (Å²) in [6.45, 7) is 2.63. The summed E-state index contributed by atoms with van der Waals surface area (Å²) in [5.41, 5.74) is 1.67. The predicted molar refractivity (Wildman–Crippen MR) is 97.1 cm³/mol. The normalized spacial score (nSPS) is 14.5. The average molecular weight is 370 g/mol. The number of anilines is 1.